The van der Waals surface area contributed by atoms with Crippen molar-refractivity contribution in [3.8, 4) is 0 Å². The van der Waals surface area contributed by atoms with Crippen molar-refractivity contribution < 1.29 is 14.3 Å². The Balaban J connectivity index is 1.60. The van der Waals surface area contributed by atoms with Gasteiger partial charge in [0.1, 0.15) is 0 Å². The number of carbonyl (C=O) groups is 2. The maximum atomic E-state index is 12.8. The quantitative estimate of drug-likeness (QED) is 0.873. The summed E-state index contributed by atoms with van der Waals surface area (Å²) in [6.45, 7) is 2.31. The molecular weight excluding hydrogens is 318 g/mol. The van der Waals surface area contributed by atoms with Crippen molar-refractivity contribution in [1.82, 2.24) is 9.80 Å². The molecule has 3 rings (SSSR count). The Morgan fingerprint density at radius 2 is 1.80 bits per heavy atom. The second kappa shape index (κ2) is 7.97. The highest BCUT2D eigenvalue weighted by Gasteiger charge is 2.37. The Hall–Kier alpha value is -1.92. The minimum Gasteiger partial charge on any atom is -0.368 e. The van der Waals surface area contributed by atoms with E-state index in [0.717, 1.165) is 37.8 Å². The van der Waals surface area contributed by atoms with Gasteiger partial charge in [-0.05, 0) is 37.8 Å². The molecule has 0 aromatic heterocycles. The van der Waals surface area contributed by atoms with Gasteiger partial charge in [-0.3, -0.25) is 14.5 Å². The van der Waals surface area contributed by atoms with E-state index in [9.17, 15) is 9.59 Å². The van der Waals surface area contributed by atoms with Gasteiger partial charge in [-0.1, -0.05) is 30.3 Å². The first kappa shape index (κ1) is 17.9. The number of hydrogen-bond acceptors (Lipinski definition) is 4. The van der Waals surface area contributed by atoms with Crippen molar-refractivity contribution >= 4 is 11.8 Å². The highest BCUT2D eigenvalue weighted by Crippen LogP contribution is 2.27. The number of likely N-dealkylation sites (tertiary alicyclic amines) is 2. The Morgan fingerprint density at radius 3 is 2.40 bits per heavy atom. The molecule has 0 unspecified atom stereocenters. The van der Waals surface area contributed by atoms with Crippen LogP contribution in [0.2, 0.25) is 0 Å². The first-order chi connectivity index (χ1) is 12.1. The van der Waals surface area contributed by atoms with Gasteiger partial charge in [0.25, 0.3) is 5.91 Å². The van der Waals surface area contributed by atoms with Crippen LogP contribution in [0.5, 0.6) is 0 Å². The van der Waals surface area contributed by atoms with Crippen LogP contribution in [0.25, 0.3) is 0 Å². The number of nitrogens with zero attached hydrogens (tertiary/aromatic N) is 2. The second-order valence-electron chi connectivity index (χ2n) is 6.88. The summed E-state index contributed by atoms with van der Waals surface area (Å²) < 4.78 is 5.46. The summed E-state index contributed by atoms with van der Waals surface area (Å²) in [6, 6.07) is 9.79. The van der Waals surface area contributed by atoms with Crippen LogP contribution in [0.1, 0.15) is 37.4 Å². The van der Waals surface area contributed by atoms with Crippen molar-refractivity contribution in [3.05, 3.63) is 35.9 Å². The molecule has 2 aliphatic heterocycles. The maximum Gasteiger partial charge on any atom is 0.256 e. The molecule has 0 spiro atoms. The molecule has 2 atom stereocenters. The van der Waals surface area contributed by atoms with Crippen LogP contribution in [0.15, 0.2) is 30.3 Å². The molecule has 1 aromatic rings. The number of amides is 2. The van der Waals surface area contributed by atoms with Crippen LogP contribution in [-0.2, 0) is 14.3 Å². The minimum atomic E-state index is -0.553. The summed E-state index contributed by atoms with van der Waals surface area (Å²) in [7, 11) is 1.57. The molecule has 2 aliphatic rings. The molecule has 2 saturated heterocycles. The van der Waals surface area contributed by atoms with Crippen molar-refractivity contribution in [1.29, 1.82) is 0 Å². The van der Waals surface area contributed by atoms with Gasteiger partial charge in [-0.25, -0.2) is 0 Å². The predicted octanol–water partition coefficient (Wildman–Crippen LogP) is 1.31. The van der Waals surface area contributed by atoms with Crippen LogP contribution < -0.4 is 5.73 Å². The summed E-state index contributed by atoms with van der Waals surface area (Å²) in [4.78, 5) is 28.6. The molecule has 2 fully saturated rings. The van der Waals surface area contributed by atoms with Gasteiger partial charge in [-0.2, -0.15) is 0 Å². The van der Waals surface area contributed by atoms with E-state index in [-0.39, 0.29) is 17.9 Å². The predicted molar refractivity (Wildman–Crippen MR) is 94.7 cm³/mol. The van der Waals surface area contributed by atoms with Crippen LogP contribution in [0.4, 0.5) is 0 Å². The minimum absolute atomic E-state index is 0.0139. The smallest absolute Gasteiger partial charge is 0.256 e. The Morgan fingerprint density at radius 1 is 1.12 bits per heavy atom. The van der Waals surface area contributed by atoms with Gasteiger partial charge in [0.15, 0.2) is 6.10 Å². The highest BCUT2D eigenvalue weighted by molar-refractivity contribution is 5.82. The monoisotopic (exact) mass is 345 g/mol. The van der Waals surface area contributed by atoms with Gasteiger partial charge >= 0.3 is 0 Å². The molecule has 25 heavy (non-hydrogen) atoms. The fourth-order valence-electron chi connectivity index (χ4n) is 4.12. The molecule has 1 aromatic carbocycles. The molecule has 2 amide bonds. The zero-order valence-electron chi connectivity index (χ0n) is 14.8. The van der Waals surface area contributed by atoms with E-state index in [1.807, 2.05) is 35.2 Å². The lowest BCUT2D eigenvalue weighted by molar-refractivity contribution is -0.144. The fraction of sp³-hybridized carbons (Fsp3) is 0.579. The molecule has 0 saturated carbocycles. The van der Waals surface area contributed by atoms with Crippen molar-refractivity contribution in [3.63, 3.8) is 0 Å². The fourth-order valence-corrected chi connectivity index (χ4v) is 4.12. The summed E-state index contributed by atoms with van der Waals surface area (Å²) in [5.41, 5.74) is 6.41. The van der Waals surface area contributed by atoms with Crippen LogP contribution >= 0.6 is 0 Å². The summed E-state index contributed by atoms with van der Waals surface area (Å²) in [5, 5.41) is 0. The lowest BCUT2D eigenvalue weighted by Gasteiger charge is -2.39. The number of piperidine rings is 1. The number of benzene rings is 1. The molecule has 2 heterocycles. The molecule has 6 heteroatoms. The normalized spacial score (nSPS) is 23.6. The number of nitrogens with two attached hydrogens (primary N) is 1. The topological polar surface area (TPSA) is 75.9 Å². The van der Waals surface area contributed by atoms with E-state index in [1.165, 1.54) is 0 Å². The molecule has 0 bridgehead atoms. The third-order valence-electron chi connectivity index (χ3n) is 5.43. The third kappa shape index (κ3) is 3.85. The number of methoxy groups -OCH3 is 1. The number of carbonyl (C=O) groups excluding carboxylic acids is 2. The summed E-state index contributed by atoms with van der Waals surface area (Å²) in [5.74, 6) is -0.209. The third-order valence-corrected chi connectivity index (χ3v) is 5.43. The second-order valence-corrected chi connectivity index (χ2v) is 6.88. The Kier molecular flexibility index (Phi) is 5.71. The lowest BCUT2D eigenvalue weighted by atomic mass is 10.0. The Bertz CT molecular complexity index is 599. The number of primary amides is 1. The molecule has 136 valence electrons. The lowest BCUT2D eigenvalue weighted by Crippen LogP contribution is -2.51. The van der Waals surface area contributed by atoms with Gasteiger partial charge in [-0.15, -0.1) is 0 Å². The largest absolute Gasteiger partial charge is 0.368 e. The van der Waals surface area contributed by atoms with Gasteiger partial charge in [0.2, 0.25) is 5.91 Å². The maximum absolute atomic E-state index is 12.8. The SMILES string of the molecule is CO[C@H](C(=O)N1CCC(N2CCC[C@H]2C(N)=O)CC1)c1ccccc1. The van der Waals surface area contributed by atoms with E-state index < -0.39 is 6.10 Å². The number of rotatable bonds is 5. The summed E-state index contributed by atoms with van der Waals surface area (Å²) in [6.07, 6.45) is 3.07. The highest BCUT2D eigenvalue weighted by atomic mass is 16.5. The average molecular weight is 345 g/mol. The number of hydrogen-bond donors (Lipinski definition) is 1. The zero-order chi connectivity index (χ0) is 17.8. The first-order valence-electron chi connectivity index (χ1n) is 9.03. The Labute approximate surface area is 148 Å². The van der Waals surface area contributed by atoms with Gasteiger partial charge in [0.05, 0.1) is 6.04 Å². The molecule has 2 N–H and O–H groups in total. The van der Waals surface area contributed by atoms with E-state index in [0.29, 0.717) is 19.1 Å². The average Bonchev–Trinajstić information content (AvgIpc) is 3.13. The van der Waals surface area contributed by atoms with Crippen molar-refractivity contribution in [2.75, 3.05) is 26.7 Å². The van der Waals surface area contributed by atoms with Crippen LogP contribution in [-0.4, -0.2) is 60.4 Å². The molecule has 0 radical (unpaired) electrons. The number of ether oxygens (including phenoxy) is 1. The van der Waals surface area contributed by atoms with Crippen LogP contribution in [0.3, 0.4) is 0 Å². The van der Waals surface area contributed by atoms with E-state index >= 15 is 0 Å². The van der Waals surface area contributed by atoms with Crippen molar-refractivity contribution in [2.45, 2.75) is 43.9 Å². The first-order valence-corrected chi connectivity index (χ1v) is 9.03. The van der Waals surface area contributed by atoms with Crippen LogP contribution in [0, 0.1) is 0 Å². The molecule has 0 aliphatic carbocycles. The van der Waals surface area contributed by atoms with Gasteiger partial charge < -0.3 is 15.4 Å². The standard InChI is InChI=1S/C19H27N3O3/c1-25-17(14-6-3-2-4-7-14)19(24)21-12-9-15(10-13-21)22-11-5-8-16(22)18(20)23/h2-4,6-7,15-17H,5,8-13H2,1H3,(H2,20,23)/t16-,17-/m0/s1. The van der Waals surface area contributed by atoms with Gasteiger partial charge in [0, 0.05) is 26.2 Å². The van der Waals surface area contributed by atoms with E-state index in [4.69, 9.17) is 10.5 Å². The molecule has 6 nitrogen and oxygen atoms in total. The van der Waals surface area contributed by atoms with E-state index in [1.54, 1.807) is 7.11 Å². The zero-order valence-corrected chi connectivity index (χ0v) is 14.8. The van der Waals surface area contributed by atoms with E-state index in [2.05, 4.69) is 4.90 Å². The summed E-state index contributed by atoms with van der Waals surface area (Å²) >= 11 is 0. The molecular formula is C19H27N3O3. The van der Waals surface area contributed by atoms with Crippen molar-refractivity contribution in [2.24, 2.45) is 5.73 Å².